The number of aromatic amines is 1. The van der Waals surface area contributed by atoms with E-state index >= 15 is 0 Å². The number of nitrogens with zero attached hydrogens (tertiary/aromatic N) is 2. The van der Waals surface area contributed by atoms with E-state index in [1.165, 1.54) is 5.56 Å². The zero-order valence-corrected chi connectivity index (χ0v) is 10.8. The molecule has 1 atom stereocenters. The van der Waals surface area contributed by atoms with Gasteiger partial charge in [0.05, 0.1) is 0 Å². The lowest BCUT2D eigenvalue weighted by Gasteiger charge is -2.14. The molecule has 0 aliphatic carbocycles. The van der Waals surface area contributed by atoms with Gasteiger partial charge in [0.1, 0.15) is 5.82 Å². The van der Waals surface area contributed by atoms with Gasteiger partial charge in [-0.15, -0.1) is 0 Å². The molecule has 1 unspecified atom stereocenters. The van der Waals surface area contributed by atoms with Gasteiger partial charge in [-0.3, -0.25) is 5.10 Å². The lowest BCUT2D eigenvalue weighted by Crippen LogP contribution is -2.21. The number of hydrogen-bond acceptors (Lipinski definition) is 3. The number of rotatable bonds is 4. The van der Waals surface area contributed by atoms with Crippen LogP contribution in [0.1, 0.15) is 24.2 Å². The van der Waals surface area contributed by atoms with Crippen LogP contribution in [0.25, 0.3) is 0 Å². The van der Waals surface area contributed by atoms with E-state index in [2.05, 4.69) is 46.8 Å². The third-order valence-corrected chi connectivity index (χ3v) is 3.04. The first-order chi connectivity index (χ1) is 8.18. The normalized spacial score (nSPS) is 12.4. The van der Waals surface area contributed by atoms with Crippen LogP contribution in [0.15, 0.2) is 30.3 Å². The molecule has 2 rings (SSSR count). The second-order valence-electron chi connectivity index (χ2n) is 4.09. The highest BCUT2D eigenvalue weighted by Crippen LogP contribution is 2.13. The molecule has 0 radical (unpaired) electrons. The van der Waals surface area contributed by atoms with E-state index in [9.17, 15) is 0 Å². The van der Waals surface area contributed by atoms with Crippen molar-refractivity contribution >= 4 is 12.2 Å². The Morgan fingerprint density at radius 2 is 2.12 bits per heavy atom. The van der Waals surface area contributed by atoms with E-state index in [0.717, 1.165) is 12.4 Å². The number of aromatic nitrogens is 3. The van der Waals surface area contributed by atoms with E-state index in [0.29, 0.717) is 10.7 Å². The molecular weight excluding hydrogens is 232 g/mol. The van der Waals surface area contributed by atoms with Crippen LogP contribution in [0.2, 0.25) is 0 Å². The molecule has 0 fully saturated rings. The van der Waals surface area contributed by atoms with Crippen molar-refractivity contribution in [3.05, 3.63) is 46.5 Å². The van der Waals surface area contributed by atoms with Crippen LogP contribution in [0, 0.1) is 11.7 Å². The van der Waals surface area contributed by atoms with Crippen LogP contribution < -0.4 is 5.43 Å². The molecule has 90 valence electrons. The maximum Gasteiger partial charge on any atom is 0.214 e. The first kappa shape index (κ1) is 11.9. The number of benzene rings is 1. The highest BCUT2D eigenvalue weighted by atomic mass is 32.1. The van der Waals surface area contributed by atoms with Gasteiger partial charge in [-0.1, -0.05) is 37.3 Å². The summed E-state index contributed by atoms with van der Waals surface area (Å²) in [6.07, 6.45) is 0. The summed E-state index contributed by atoms with van der Waals surface area (Å²) in [6, 6.07) is 10.4. The topological polar surface area (TPSA) is 45.6 Å². The van der Waals surface area contributed by atoms with Crippen LogP contribution in [-0.4, -0.2) is 21.4 Å². The van der Waals surface area contributed by atoms with Crippen LogP contribution >= 0.6 is 12.2 Å². The summed E-state index contributed by atoms with van der Waals surface area (Å²) >= 11 is 5.12. The minimum Gasteiger partial charge on any atom is -0.322 e. The standard InChI is InChI=1S/C12H16N4S/c1-9(11-6-4-3-5-7-11)8-13-16-10(2)14-15-12(16)17/h3-7,9,13H,8H2,1-2H3,(H,15,17). The third kappa shape index (κ3) is 2.74. The highest BCUT2D eigenvalue weighted by Gasteiger charge is 2.06. The summed E-state index contributed by atoms with van der Waals surface area (Å²) in [5.74, 6) is 1.27. The summed E-state index contributed by atoms with van der Waals surface area (Å²) in [4.78, 5) is 0. The van der Waals surface area contributed by atoms with E-state index in [1.807, 2.05) is 13.0 Å². The van der Waals surface area contributed by atoms with Crippen molar-refractivity contribution in [2.24, 2.45) is 0 Å². The average molecular weight is 248 g/mol. The van der Waals surface area contributed by atoms with Crippen molar-refractivity contribution in [1.82, 2.24) is 14.9 Å². The Balaban J connectivity index is 2.02. The molecule has 0 aliphatic rings. The van der Waals surface area contributed by atoms with Gasteiger partial charge in [-0.25, -0.2) is 4.68 Å². The van der Waals surface area contributed by atoms with Crippen LogP contribution in [0.5, 0.6) is 0 Å². The number of nitrogens with one attached hydrogen (secondary N) is 2. The molecule has 1 aromatic heterocycles. The second kappa shape index (κ2) is 5.14. The van der Waals surface area contributed by atoms with Crippen molar-refractivity contribution in [3.63, 3.8) is 0 Å². The molecule has 1 aromatic carbocycles. The Morgan fingerprint density at radius 3 is 2.71 bits per heavy atom. The molecular formula is C12H16N4S. The van der Waals surface area contributed by atoms with Crippen LogP contribution in [0.3, 0.4) is 0 Å². The van der Waals surface area contributed by atoms with Crippen molar-refractivity contribution in [2.75, 3.05) is 12.0 Å². The molecule has 4 nitrogen and oxygen atoms in total. The summed E-state index contributed by atoms with van der Waals surface area (Å²) in [6.45, 7) is 4.91. The van der Waals surface area contributed by atoms with E-state index < -0.39 is 0 Å². The lowest BCUT2D eigenvalue weighted by atomic mass is 10.0. The average Bonchev–Trinajstić information content (AvgIpc) is 2.67. The zero-order chi connectivity index (χ0) is 12.3. The van der Waals surface area contributed by atoms with Gasteiger partial charge in [0.15, 0.2) is 0 Å². The summed E-state index contributed by atoms with van der Waals surface area (Å²) in [5.41, 5.74) is 4.59. The molecule has 17 heavy (non-hydrogen) atoms. The molecule has 0 amide bonds. The molecule has 0 bridgehead atoms. The Labute approximate surface area is 106 Å². The lowest BCUT2D eigenvalue weighted by molar-refractivity contribution is 0.707. The minimum atomic E-state index is 0.424. The maximum absolute atomic E-state index is 5.12. The van der Waals surface area contributed by atoms with Crippen molar-refractivity contribution < 1.29 is 0 Å². The number of aryl methyl sites for hydroxylation is 1. The Bertz CT molecular complexity index is 529. The molecule has 0 saturated heterocycles. The Kier molecular flexibility index (Phi) is 3.58. The maximum atomic E-state index is 5.12. The van der Waals surface area contributed by atoms with Crippen molar-refractivity contribution in [1.29, 1.82) is 0 Å². The zero-order valence-electron chi connectivity index (χ0n) is 9.97. The fraction of sp³-hybridized carbons (Fsp3) is 0.333. The molecule has 0 aliphatic heterocycles. The predicted molar refractivity (Wildman–Crippen MR) is 71.2 cm³/mol. The van der Waals surface area contributed by atoms with E-state index in [-0.39, 0.29) is 0 Å². The fourth-order valence-corrected chi connectivity index (χ4v) is 1.93. The van der Waals surface area contributed by atoms with Gasteiger partial charge in [-0.05, 0) is 30.6 Å². The molecule has 1 heterocycles. The van der Waals surface area contributed by atoms with Gasteiger partial charge in [0.2, 0.25) is 4.77 Å². The SMILES string of the molecule is Cc1n[nH]c(=S)n1NCC(C)c1ccccc1. The molecule has 2 aromatic rings. The summed E-state index contributed by atoms with van der Waals surface area (Å²) < 4.78 is 2.40. The fourth-order valence-electron chi connectivity index (χ4n) is 1.69. The van der Waals surface area contributed by atoms with Gasteiger partial charge in [-0.2, -0.15) is 5.10 Å². The largest absolute Gasteiger partial charge is 0.322 e. The Morgan fingerprint density at radius 1 is 1.41 bits per heavy atom. The predicted octanol–water partition coefficient (Wildman–Crippen LogP) is 2.60. The monoisotopic (exact) mass is 248 g/mol. The first-order valence-electron chi connectivity index (χ1n) is 5.61. The number of H-pyrrole nitrogens is 1. The highest BCUT2D eigenvalue weighted by molar-refractivity contribution is 7.71. The smallest absolute Gasteiger partial charge is 0.214 e. The molecule has 0 saturated carbocycles. The molecule has 0 spiro atoms. The summed E-state index contributed by atoms with van der Waals surface area (Å²) in [5, 5.41) is 6.80. The van der Waals surface area contributed by atoms with Crippen molar-refractivity contribution in [3.8, 4) is 0 Å². The van der Waals surface area contributed by atoms with E-state index in [1.54, 1.807) is 4.68 Å². The third-order valence-electron chi connectivity index (χ3n) is 2.76. The number of hydrogen-bond donors (Lipinski definition) is 2. The molecule has 5 heteroatoms. The van der Waals surface area contributed by atoms with Gasteiger partial charge in [0, 0.05) is 6.54 Å². The van der Waals surface area contributed by atoms with Crippen LogP contribution in [0.4, 0.5) is 0 Å². The van der Waals surface area contributed by atoms with E-state index in [4.69, 9.17) is 12.2 Å². The van der Waals surface area contributed by atoms with Crippen molar-refractivity contribution in [2.45, 2.75) is 19.8 Å². The minimum absolute atomic E-state index is 0.424. The van der Waals surface area contributed by atoms with Crippen LogP contribution in [-0.2, 0) is 0 Å². The summed E-state index contributed by atoms with van der Waals surface area (Å²) in [7, 11) is 0. The quantitative estimate of drug-likeness (QED) is 0.818. The van der Waals surface area contributed by atoms with Gasteiger partial charge >= 0.3 is 0 Å². The second-order valence-corrected chi connectivity index (χ2v) is 4.47. The van der Waals surface area contributed by atoms with Gasteiger partial charge < -0.3 is 5.43 Å². The van der Waals surface area contributed by atoms with Gasteiger partial charge in [0.25, 0.3) is 0 Å². The first-order valence-corrected chi connectivity index (χ1v) is 6.02. The molecule has 2 N–H and O–H groups in total. The Hall–Kier alpha value is -1.62.